The minimum Gasteiger partial charge on any atom is -0.313 e. The second-order valence-corrected chi connectivity index (χ2v) is 2.80. The van der Waals surface area contributed by atoms with Gasteiger partial charge in [0.2, 0.25) is 0 Å². The molecule has 0 aliphatic rings. The van der Waals surface area contributed by atoms with Gasteiger partial charge in [-0.15, -0.1) is 10.2 Å². The first-order valence-electron chi connectivity index (χ1n) is 4.31. The molecule has 0 radical (unpaired) electrons. The summed E-state index contributed by atoms with van der Waals surface area (Å²) in [6.07, 6.45) is 2.80. The van der Waals surface area contributed by atoms with E-state index >= 15 is 0 Å². The Morgan fingerprint density at radius 3 is 2.93 bits per heavy atom. The lowest BCUT2D eigenvalue weighted by molar-refractivity contribution is 0.621. The monoisotopic (exact) mass is 192 g/mol. The summed E-state index contributed by atoms with van der Waals surface area (Å²) >= 11 is 0. The lowest BCUT2D eigenvalue weighted by Crippen LogP contribution is -1.97. The Kier molecular flexibility index (Phi) is 2.22. The van der Waals surface area contributed by atoms with Crippen molar-refractivity contribution < 1.29 is 4.39 Å². The third kappa shape index (κ3) is 1.48. The Labute approximate surface area is 80.4 Å². The van der Waals surface area contributed by atoms with E-state index in [1.807, 2.05) is 11.5 Å². The standard InChI is InChI=1S/C9H9FN4/c1-2-14-6-12-13-9(14)8-4-3-7(10)5-11-8/h3-6H,2H2,1H3. The van der Waals surface area contributed by atoms with E-state index < -0.39 is 0 Å². The maximum absolute atomic E-state index is 12.6. The molecule has 0 N–H and O–H groups in total. The van der Waals surface area contributed by atoms with Crippen LogP contribution in [0.1, 0.15) is 6.92 Å². The first-order chi connectivity index (χ1) is 6.81. The first kappa shape index (κ1) is 8.80. The van der Waals surface area contributed by atoms with E-state index in [4.69, 9.17) is 0 Å². The van der Waals surface area contributed by atoms with E-state index in [9.17, 15) is 4.39 Å². The molecular formula is C9H9FN4. The van der Waals surface area contributed by atoms with Crippen molar-refractivity contribution in [3.63, 3.8) is 0 Å². The van der Waals surface area contributed by atoms with Gasteiger partial charge in [0, 0.05) is 6.54 Å². The fraction of sp³-hybridized carbons (Fsp3) is 0.222. The predicted molar refractivity (Wildman–Crippen MR) is 48.9 cm³/mol. The highest BCUT2D eigenvalue weighted by atomic mass is 19.1. The highest BCUT2D eigenvalue weighted by molar-refractivity contribution is 5.48. The maximum atomic E-state index is 12.6. The summed E-state index contributed by atoms with van der Waals surface area (Å²) in [5, 5.41) is 7.69. The number of hydrogen-bond acceptors (Lipinski definition) is 3. The molecule has 0 spiro atoms. The topological polar surface area (TPSA) is 43.6 Å². The summed E-state index contributed by atoms with van der Waals surface area (Å²) in [6, 6.07) is 2.95. The second-order valence-electron chi connectivity index (χ2n) is 2.80. The lowest BCUT2D eigenvalue weighted by atomic mass is 10.3. The SMILES string of the molecule is CCn1cnnc1-c1ccc(F)cn1. The number of halogens is 1. The molecule has 0 aliphatic carbocycles. The Morgan fingerprint density at radius 1 is 1.43 bits per heavy atom. The number of nitrogens with zero attached hydrogens (tertiary/aromatic N) is 4. The quantitative estimate of drug-likeness (QED) is 0.724. The molecule has 0 amide bonds. The van der Waals surface area contributed by atoms with Crippen LogP contribution in [0.4, 0.5) is 4.39 Å². The first-order valence-corrected chi connectivity index (χ1v) is 4.31. The summed E-state index contributed by atoms with van der Waals surface area (Å²) < 4.78 is 14.5. The van der Waals surface area contributed by atoms with Gasteiger partial charge in [-0.1, -0.05) is 0 Å². The van der Waals surface area contributed by atoms with Gasteiger partial charge in [-0.05, 0) is 19.1 Å². The average Bonchev–Trinajstić information content (AvgIpc) is 2.67. The van der Waals surface area contributed by atoms with Crippen molar-refractivity contribution in [3.05, 3.63) is 30.5 Å². The number of pyridine rings is 1. The Morgan fingerprint density at radius 2 is 2.29 bits per heavy atom. The predicted octanol–water partition coefficient (Wildman–Crippen LogP) is 1.50. The molecule has 0 saturated heterocycles. The Hall–Kier alpha value is -1.78. The van der Waals surface area contributed by atoms with Crippen LogP contribution in [-0.2, 0) is 6.54 Å². The van der Waals surface area contributed by atoms with E-state index in [1.54, 1.807) is 12.4 Å². The van der Waals surface area contributed by atoms with Gasteiger partial charge in [0.05, 0.1) is 6.20 Å². The Balaban J connectivity index is 2.44. The van der Waals surface area contributed by atoms with Crippen LogP contribution in [0.2, 0.25) is 0 Å². The van der Waals surface area contributed by atoms with Crippen LogP contribution in [0.3, 0.4) is 0 Å². The van der Waals surface area contributed by atoms with Crippen LogP contribution in [0.25, 0.3) is 11.5 Å². The molecule has 72 valence electrons. The van der Waals surface area contributed by atoms with Crippen molar-refractivity contribution in [2.24, 2.45) is 0 Å². The smallest absolute Gasteiger partial charge is 0.182 e. The lowest BCUT2D eigenvalue weighted by Gasteiger charge is -2.01. The van der Waals surface area contributed by atoms with Crippen molar-refractivity contribution >= 4 is 0 Å². The zero-order valence-electron chi connectivity index (χ0n) is 7.68. The van der Waals surface area contributed by atoms with Crippen LogP contribution < -0.4 is 0 Å². The summed E-state index contributed by atoms with van der Waals surface area (Å²) in [6.45, 7) is 2.75. The van der Waals surface area contributed by atoms with Gasteiger partial charge < -0.3 is 4.57 Å². The molecule has 5 heteroatoms. The molecule has 0 bridgehead atoms. The van der Waals surface area contributed by atoms with Gasteiger partial charge in [0.1, 0.15) is 17.8 Å². The van der Waals surface area contributed by atoms with E-state index in [2.05, 4.69) is 15.2 Å². The van der Waals surface area contributed by atoms with E-state index in [0.717, 1.165) is 6.54 Å². The fourth-order valence-electron chi connectivity index (χ4n) is 1.19. The molecule has 2 rings (SSSR count). The van der Waals surface area contributed by atoms with Crippen LogP contribution in [0.5, 0.6) is 0 Å². The molecular weight excluding hydrogens is 183 g/mol. The van der Waals surface area contributed by atoms with Gasteiger partial charge in [0.25, 0.3) is 0 Å². The van der Waals surface area contributed by atoms with Crippen molar-refractivity contribution in [2.75, 3.05) is 0 Å². The Bertz CT molecular complexity index is 421. The molecule has 0 fully saturated rings. The number of hydrogen-bond donors (Lipinski definition) is 0. The third-order valence-corrected chi connectivity index (χ3v) is 1.91. The molecule has 0 unspecified atom stereocenters. The van der Waals surface area contributed by atoms with Gasteiger partial charge >= 0.3 is 0 Å². The summed E-state index contributed by atoms with van der Waals surface area (Å²) in [7, 11) is 0. The number of rotatable bonds is 2. The zero-order chi connectivity index (χ0) is 9.97. The zero-order valence-corrected chi connectivity index (χ0v) is 7.68. The van der Waals surface area contributed by atoms with E-state index in [-0.39, 0.29) is 5.82 Å². The molecule has 2 aromatic rings. The molecule has 2 aromatic heterocycles. The fourth-order valence-corrected chi connectivity index (χ4v) is 1.19. The minimum absolute atomic E-state index is 0.351. The van der Waals surface area contributed by atoms with Crippen molar-refractivity contribution in [3.8, 4) is 11.5 Å². The highest BCUT2D eigenvalue weighted by Crippen LogP contribution is 2.13. The molecule has 0 saturated carbocycles. The summed E-state index contributed by atoms with van der Waals surface area (Å²) in [5.41, 5.74) is 0.630. The normalized spacial score (nSPS) is 10.4. The average molecular weight is 192 g/mol. The summed E-state index contributed by atoms with van der Waals surface area (Å²) in [4.78, 5) is 3.93. The van der Waals surface area contributed by atoms with Crippen LogP contribution in [0, 0.1) is 5.82 Å². The van der Waals surface area contributed by atoms with Gasteiger partial charge in [-0.2, -0.15) is 0 Å². The maximum Gasteiger partial charge on any atom is 0.182 e. The second kappa shape index (κ2) is 3.53. The summed E-state index contributed by atoms with van der Waals surface area (Å²) in [5.74, 6) is 0.309. The minimum atomic E-state index is -0.351. The number of aromatic nitrogens is 4. The molecule has 2 heterocycles. The van der Waals surface area contributed by atoms with Crippen LogP contribution in [0.15, 0.2) is 24.7 Å². The van der Waals surface area contributed by atoms with E-state index in [1.165, 1.54) is 12.3 Å². The largest absolute Gasteiger partial charge is 0.313 e. The third-order valence-electron chi connectivity index (χ3n) is 1.91. The van der Waals surface area contributed by atoms with Crippen molar-refractivity contribution in [1.29, 1.82) is 0 Å². The van der Waals surface area contributed by atoms with Gasteiger partial charge in [-0.25, -0.2) is 9.37 Å². The molecule has 14 heavy (non-hydrogen) atoms. The highest BCUT2D eigenvalue weighted by Gasteiger charge is 2.06. The van der Waals surface area contributed by atoms with Crippen molar-refractivity contribution in [1.82, 2.24) is 19.7 Å². The van der Waals surface area contributed by atoms with Crippen molar-refractivity contribution in [2.45, 2.75) is 13.5 Å². The molecule has 0 atom stereocenters. The molecule has 4 nitrogen and oxygen atoms in total. The molecule has 0 aromatic carbocycles. The van der Waals surface area contributed by atoms with Gasteiger partial charge in [-0.3, -0.25) is 0 Å². The van der Waals surface area contributed by atoms with Crippen LogP contribution in [-0.4, -0.2) is 19.7 Å². The molecule has 0 aliphatic heterocycles. The van der Waals surface area contributed by atoms with Crippen LogP contribution >= 0.6 is 0 Å². The van der Waals surface area contributed by atoms with Gasteiger partial charge in [0.15, 0.2) is 5.82 Å². The number of aryl methyl sites for hydroxylation is 1. The van der Waals surface area contributed by atoms with E-state index in [0.29, 0.717) is 11.5 Å².